The van der Waals surface area contributed by atoms with Crippen LogP contribution in [-0.2, 0) is 14.4 Å². The Bertz CT molecular complexity index is 894. The van der Waals surface area contributed by atoms with E-state index in [9.17, 15) is 14.4 Å². The maximum Gasteiger partial charge on any atom is 0.365 e. The lowest BCUT2D eigenvalue weighted by Crippen LogP contribution is -2.36. The highest BCUT2D eigenvalue weighted by atomic mass is 79.9. The lowest BCUT2D eigenvalue weighted by molar-refractivity contribution is -0.131. The number of oxime groups is 1. The SMILES string of the molecule is O=C1Nc2cc(Br)c(Br)cc2C(=NOC(=O)c2ccccc2)C1=O. The number of nitrogens with one attached hydrogen (secondary N) is 1. The van der Waals surface area contributed by atoms with Crippen molar-refractivity contribution in [2.24, 2.45) is 5.16 Å². The van der Waals surface area contributed by atoms with Gasteiger partial charge in [0.2, 0.25) is 0 Å². The number of amides is 1. The number of carbonyl (C=O) groups is 3. The number of fused-ring (bicyclic) bond motifs is 1. The summed E-state index contributed by atoms with van der Waals surface area (Å²) in [5.41, 5.74) is 0.803. The van der Waals surface area contributed by atoms with E-state index in [1.807, 2.05) is 0 Å². The molecule has 0 bridgehead atoms. The van der Waals surface area contributed by atoms with Gasteiger partial charge in [-0.25, -0.2) is 4.79 Å². The third-order valence-electron chi connectivity index (χ3n) is 3.21. The normalized spacial score (nSPS) is 15.0. The van der Waals surface area contributed by atoms with Crippen LogP contribution < -0.4 is 5.32 Å². The summed E-state index contributed by atoms with van der Waals surface area (Å²) in [4.78, 5) is 40.6. The molecule has 0 aliphatic carbocycles. The smallest absolute Gasteiger partial charge is 0.318 e. The Morgan fingerprint density at radius 1 is 1.04 bits per heavy atom. The van der Waals surface area contributed by atoms with Gasteiger partial charge in [-0.05, 0) is 56.1 Å². The summed E-state index contributed by atoms with van der Waals surface area (Å²) in [6, 6.07) is 11.4. The van der Waals surface area contributed by atoms with E-state index in [0.29, 0.717) is 20.2 Å². The molecule has 0 unspecified atom stereocenters. The van der Waals surface area contributed by atoms with Gasteiger partial charge in [0.15, 0.2) is 5.71 Å². The van der Waals surface area contributed by atoms with Gasteiger partial charge in [-0.3, -0.25) is 9.59 Å². The Morgan fingerprint density at radius 3 is 2.42 bits per heavy atom. The zero-order valence-corrected chi connectivity index (χ0v) is 15.0. The zero-order chi connectivity index (χ0) is 17.3. The van der Waals surface area contributed by atoms with Crippen molar-refractivity contribution in [1.29, 1.82) is 0 Å². The molecule has 24 heavy (non-hydrogen) atoms. The molecule has 6 nitrogen and oxygen atoms in total. The molecule has 1 amide bonds. The van der Waals surface area contributed by atoms with Gasteiger partial charge in [0.05, 0.1) is 11.3 Å². The van der Waals surface area contributed by atoms with Gasteiger partial charge in [-0.1, -0.05) is 23.4 Å². The Morgan fingerprint density at radius 2 is 1.71 bits per heavy atom. The monoisotopic (exact) mass is 450 g/mol. The number of rotatable bonds is 2. The Hall–Kier alpha value is -2.32. The molecule has 0 aromatic heterocycles. The van der Waals surface area contributed by atoms with Crippen molar-refractivity contribution in [2.75, 3.05) is 5.32 Å². The molecule has 2 aromatic rings. The minimum atomic E-state index is -0.877. The number of halogens is 2. The minimum Gasteiger partial charge on any atom is -0.318 e. The van der Waals surface area contributed by atoms with Gasteiger partial charge in [-0.15, -0.1) is 0 Å². The molecule has 1 aliphatic rings. The molecule has 120 valence electrons. The van der Waals surface area contributed by atoms with E-state index in [0.717, 1.165) is 0 Å². The van der Waals surface area contributed by atoms with Crippen molar-refractivity contribution in [2.45, 2.75) is 0 Å². The highest BCUT2D eigenvalue weighted by molar-refractivity contribution is 9.13. The summed E-state index contributed by atoms with van der Waals surface area (Å²) in [7, 11) is 0. The van der Waals surface area contributed by atoms with Crippen LogP contribution in [0.3, 0.4) is 0 Å². The van der Waals surface area contributed by atoms with E-state index < -0.39 is 17.7 Å². The van der Waals surface area contributed by atoms with Gasteiger partial charge in [0.1, 0.15) is 0 Å². The largest absolute Gasteiger partial charge is 0.365 e. The van der Waals surface area contributed by atoms with Gasteiger partial charge >= 0.3 is 5.97 Å². The fourth-order valence-corrected chi connectivity index (χ4v) is 2.75. The minimum absolute atomic E-state index is 0.230. The molecule has 0 saturated heterocycles. The van der Waals surface area contributed by atoms with Crippen molar-refractivity contribution in [3.63, 3.8) is 0 Å². The van der Waals surface area contributed by atoms with E-state index in [4.69, 9.17) is 4.84 Å². The summed E-state index contributed by atoms with van der Waals surface area (Å²) >= 11 is 6.63. The molecule has 0 saturated carbocycles. The quantitative estimate of drug-likeness (QED) is 0.431. The molecule has 1 N–H and O–H groups in total. The number of benzene rings is 2. The van der Waals surface area contributed by atoms with Crippen molar-refractivity contribution < 1.29 is 19.2 Å². The first-order valence-electron chi connectivity index (χ1n) is 6.67. The highest BCUT2D eigenvalue weighted by Gasteiger charge is 2.32. The van der Waals surface area contributed by atoms with Crippen LogP contribution in [0, 0.1) is 0 Å². The standard InChI is InChI=1S/C16H8Br2N2O4/c17-10-6-9-12(7-11(10)18)19-15(22)14(21)13(9)20-24-16(23)8-4-2-1-3-5-8/h1-7H,(H,19,22). The average molecular weight is 452 g/mol. The number of ketones is 1. The number of carbonyl (C=O) groups excluding carboxylic acids is 3. The molecule has 0 fully saturated rings. The fourth-order valence-electron chi connectivity index (χ4n) is 2.06. The lowest BCUT2D eigenvalue weighted by Gasteiger charge is -2.17. The van der Waals surface area contributed by atoms with Crippen LogP contribution in [0.15, 0.2) is 56.6 Å². The third kappa shape index (κ3) is 3.15. The second-order valence-electron chi connectivity index (χ2n) is 4.78. The lowest BCUT2D eigenvalue weighted by atomic mass is 10.00. The van der Waals surface area contributed by atoms with Gasteiger partial charge in [0.25, 0.3) is 11.7 Å². The highest BCUT2D eigenvalue weighted by Crippen LogP contribution is 2.32. The maximum atomic E-state index is 12.1. The Kier molecular flexibility index (Phi) is 4.59. The first-order valence-corrected chi connectivity index (χ1v) is 8.25. The van der Waals surface area contributed by atoms with Crippen molar-refractivity contribution in [1.82, 2.24) is 0 Å². The van der Waals surface area contributed by atoms with Crippen LogP contribution in [0.25, 0.3) is 0 Å². The van der Waals surface area contributed by atoms with Gasteiger partial charge < -0.3 is 10.2 Å². The van der Waals surface area contributed by atoms with E-state index >= 15 is 0 Å². The van der Waals surface area contributed by atoms with E-state index in [1.165, 1.54) is 0 Å². The summed E-state index contributed by atoms with van der Waals surface area (Å²) in [5, 5.41) is 6.09. The first-order chi connectivity index (χ1) is 11.5. The predicted octanol–water partition coefficient (Wildman–Crippen LogP) is 3.29. The molecule has 1 aliphatic heterocycles. The number of nitrogens with zero attached hydrogens (tertiary/aromatic N) is 1. The molecule has 2 aromatic carbocycles. The molecule has 3 rings (SSSR count). The van der Waals surface area contributed by atoms with Crippen LogP contribution in [0.5, 0.6) is 0 Å². The summed E-state index contributed by atoms with van der Waals surface area (Å²) in [5.74, 6) is -2.44. The van der Waals surface area contributed by atoms with E-state index in [-0.39, 0.29) is 11.3 Å². The Labute approximate surface area is 153 Å². The summed E-state index contributed by atoms with van der Waals surface area (Å²) < 4.78 is 1.35. The third-order valence-corrected chi connectivity index (χ3v) is 5.06. The molecular weight excluding hydrogens is 444 g/mol. The topological polar surface area (TPSA) is 84.8 Å². The molecule has 1 heterocycles. The summed E-state index contributed by atoms with van der Waals surface area (Å²) in [6.07, 6.45) is 0. The van der Waals surface area contributed by atoms with E-state index in [2.05, 4.69) is 42.3 Å². The van der Waals surface area contributed by atoms with Crippen LogP contribution in [0.1, 0.15) is 15.9 Å². The number of Topliss-reactive ketones (excluding diaryl/α,β-unsaturated/α-hetero) is 1. The fraction of sp³-hybridized carbons (Fsp3) is 0. The van der Waals surface area contributed by atoms with Crippen molar-refractivity contribution >= 4 is 60.9 Å². The maximum absolute atomic E-state index is 12.1. The second-order valence-corrected chi connectivity index (χ2v) is 6.49. The van der Waals surface area contributed by atoms with Crippen LogP contribution >= 0.6 is 31.9 Å². The molecule has 0 atom stereocenters. The second kappa shape index (κ2) is 6.66. The van der Waals surface area contributed by atoms with E-state index in [1.54, 1.807) is 42.5 Å². The first kappa shape index (κ1) is 16.5. The molecule has 8 heteroatoms. The van der Waals surface area contributed by atoms with Crippen LogP contribution in [-0.4, -0.2) is 23.4 Å². The number of hydrogen-bond donors (Lipinski definition) is 1. The number of anilines is 1. The van der Waals surface area contributed by atoms with Gasteiger partial charge in [0, 0.05) is 14.5 Å². The predicted molar refractivity (Wildman–Crippen MR) is 93.9 cm³/mol. The van der Waals surface area contributed by atoms with Crippen LogP contribution in [0.2, 0.25) is 0 Å². The summed E-state index contributed by atoms with van der Waals surface area (Å²) in [6.45, 7) is 0. The van der Waals surface area contributed by atoms with Gasteiger partial charge in [-0.2, -0.15) is 0 Å². The molecule has 0 spiro atoms. The zero-order valence-electron chi connectivity index (χ0n) is 11.9. The average Bonchev–Trinajstić information content (AvgIpc) is 2.58. The van der Waals surface area contributed by atoms with Crippen molar-refractivity contribution in [3.8, 4) is 0 Å². The van der Waals surface area contributed by atoms with Crippen molar-refractivity contribution in [3.05, 3.63) is 62.5 Å². The van der Waals surface area contributed by atoms with Crippen LogP contribution in [0.4, 0.5) is 5.69 Å². The molecule has 0 radical (unpaired) electrons. The molecular formula is C16H8Br2N2O4. The Balaban J connectivity index is 1.98. The number of hydrogen-bond acceptors (Lipinski definition) is 5.